The van der Waals surface area contributed by atoms with E-state index in [9.17, 15) is 9.90 Å². The number of rotatable bonds is 3. The van der Waals surface area contributed by atoms with Crippen LogP contribution in [0.25, 0.3) is 0 Å². The van der Waals surface area contributed by atoms with Crippen molar-refractivity contribution in [3.63, 3.8) is 0 Å². The molecule has 4 heteroatoms. The van der Waals surface area contributed by atoms with Crippen LogP contribution in [0.1, 0.15) is 26.3 Å². The molecule has 1 rings (SSSR count). The molecule has 0 saturated heterocycles. The fourth-order valence-corrected chi connectivity index (χ4v) is 2.16. The van der Waals surface area contributed by atoms with Crippen LogP contribution in [0.15, 0.2) is 18.2 Å². The summed E-state index contributed by atoms with van der Waals surface area (Å²) >= 11 is 11.9. The number of phenolic OH excluding ortho intramolecular Hbond substituents is 1. The van der Waals surface area contributed by atoms with Gasteiger partial charge >= 0.3 is 0 Å². The summed E-state index contributed by atoms with van der Waals surface area (Å²) in [4.78, 5) is 11.9. The molecule has 17 heavy (non-hydrogen) atoms. The first kappa shape index (κ1) is 14.3. The minimum atomic E-state index is -0.574. The normalized spacial score (nSPS) is 13.5. The maximum atomic E-state index is 11.9. The largest absolute Gasteiger partial charge is 0.506 e. The Balaban J connectivity index is 2.78. The van der Waals surface area contributed by atoms with Crippen molar-refractivity contribution in [1.29, 1.82) is 0 Å². The lowest BCUT2D eigenvalue weighted by Crippen LogP contribution is -2.30. The minimum Gasteiger partial charge on any atom is -0.506 e. The van der Waals surface area contributed by atoms with E-state index in [1.165, 1.54) is 6.07 Å². The number of halogens is 2. The van der Waals surface area contributed by atoms with Gasteiger partial charge < -0.3 is 5.11 Å². The minimum absolute atomic E-state index is 0.00311. The van der Waals surface area contributed by atoms with Crippen LogP contribution < -0.4 is 0 Å². The molecule has 1 aromatic carbocycles. The van der Waals surface area contributed by atoms with E-state index in [4.69, 9.17) is 23.2 Å². The highest BCUT2D eigenvalue weighted by molar-refractivity contribution is 6.32. The molecule has 0 amide bonds. The maximum absolute atomic E-state index is 11.9. The van der Waals surface area contributed by atoms with E-state index in [0.29, 0.717) is 6.42 Å². The number of ketones is 1. The molecular weight excluding hydrogens is 259 g/mol. The van der Waals surface area contributed by atoms with Gasteiger partial charge in [-0.1, -0.05) is 38.4 Å². The van der Waals surface area contributed by atoms with Crippen molar-refractivity contribution in [1.82, 2.24) is 0 Å². The topological polar surface area (TPSA) is 37.3 Å². The molecule has 0 aliphatic rings. The number of hydrogen-bond donors (Lipinski definition) is 1. The van der Waals surface area contributed by atoms with E-state index in [-0.39, 0.29) is 16.6 Å². The van der Waals surface area contributed by atoms with Crippen molar-refractivity contribution in [2.24, 2.45) is 5.41 Å². The Morgan fingerprint density at radius 2 is 2.00 bits per heavy atom. The van der Waals surface area contributed by atoms with E-state index < -0.39 is 10.8 Å². The number of Topliss-reactive ketones (excluding diaryl/α,β-unsaturated/α-hetero) is 1. The zero-order valence-electron chi connectivity index (χ0n) is 10.1. The molecule has 0 radical (unpaired) electrons. The molecule has 0 aromatic heterocycles. The third-order valence-electron chi connectivity index (χ3n) is 2.45. The van der Waals surface area contributed by atoms with Crippen LogP contribution in [0.2, 0.25) is 5.02 Å². The summed E-state index contributed by atoms with van der Waals surface area (Å²) in [6.45, 7) is 5.53. The van der Waals surface area contributed by atoms with Crippen molar-refractivity contribution >= 4 is 29.0 Å². The van der Waals surface area contributed by atoms with Gasteiger partial charge in [0.2, 0.25) is 0 Å². The van der Waals surface area contributed by atoms with Crippen molar-refractivity contribution in [3.8, 4) is 5.75 Å². The van der Waals surface area contributed by atoms with Gasteiger partial charge in [-0.3, -0.25) is 4.79 Å². The van der Waals surface area contributed by atoms with E-state index >= 15 is 0 Å². The summed E-state index contributed by atoms with van der Waals surface area (Å²) in [5, 5.41) is 8.98. The van der Waals surface area contributed by atoms with Crippen molar-refractivity contribution in [3.05, 3.63) is 28.8 Å². The highest BCUT2D eigenvalue weighted by Gasteiger charge is 2.28. The van der Waals surface area contributed by atoms with Gasteiger partial charge in [-0.2, -0.15) is 0 Å². The third-order valence-corrected chi connectivity index (χ3v) is 3.11. The van der Waals surface area contributed by atoms with Crippen LogP contribution in [0.4, 0.5) is 0 Å². The number of hydrogen-bond acceptors (Lipinski definition) is 2. The molecule has 0 heterocycles. The lowest BCUT2D eigenvalue weighted by atomic mass is 9.87. The van der Waals surface area contributed by atoms with Crippen LogP contribution in [0.5, 0.6) is 5.75 Å². The Hall–Kier alpha value is -0.730. The molecule has 1 N–H and O–H groups in total. The molecule has 0 spiro atoms. The van der Waals surface area contributed by atoms with Crippen LogP contribution in [-0.4, -0.2) is 16.3 Å². The lowest BCUT2D eigenvalue weighted by Gasteiger charge is -2.20. The van der Waals surface area contributed by atoms with Gasteiger partial charge in [0, 0.05) is 5.41 Å². The Bertz CT molecular complexity index is 422. The molecule has 1 unspecified atom stereocenters. The van der Waals surface area contributed by atoms with E-state index in [0.717, 1.165) is 5.56 Å². The zero-order chi connectivity index (χ0) is 13.2. The Morgan fingerprint density at radius 3 is 2.47 bits per heavy atom. The number of carbonyl (C=O) groups excluding carboxylic acids is 1. The second kappa shape index (κ2) is 5.28. The van der Waals surface area contributed by atoms with Gasteiger partial charge in [0.25, 0.3) is 0 Å². The Labute approximate surface area is 112 Å². The first-order valence-corrected chi connectivity index (χ1v) is 6.19. The van der Waals surface area contributed by atoms with Gasteiger partial charge in [0.05, 0.1) is 10.4 Å². The molecule has 94 valence electrons. The van der Waals surface area contributed by atoms with Crippen LogP contribution in [-0.2, 0) is 11.2 Å². The van der Waals surface area contributed by atoms with Crippen LogP contribution in [0.3, 0.4) is 0 Å². The summed E-state index contributed by atoms with van der Waals surface area (Å²) in [6.07, 6.45) is 0.414. The quantitative estimate of drug-likeness (QED) is 0.852. The lowest BCUT2D eigenvalue weighted by molar-refractivity contribution is -0.125. The van der Waals surface area contributed by atoms with Gasteiger partial charge in [0.15, 0.2) is 5.78 Å². The molecule has 1 aromatic rings. The number of carbonyl (C=O) groups is 1. The summed E-state index contributed by atoms with van der Waals surface area (Å²) in [7, 11) is 0. The average Bonchev–Trinajstić information content (AvgIpc) is 2.21. The average molecular weight is 275 g/mol. The van der Waals surface area contributed by atoms with Gasteiger partial charge in [-0.05, 0) is 24.1 Å². The van der Waals surface area contributed by atoms with Crippen molar-refractivity contribution < 1.29 is 9.90 Å². The van der Waals surface area contributed by atoms with Gasteiger partial charge in [-0.25, -0.2) is 0 Å². The highest BCUT2D eigenvalue weighted by Crippen LogP contribution is 2.26. The van der Waals surface area contributed by atoms with Crippen molar-refractivity contribution in [2.75, 3.05) is 0 Å². The maximum Gasteiger partial charge on any atom is 0.156 e. The summed E-state index contributed by atoms with van der Waals surface area (Å²) in [6, 6.07) is 4.84. The van der Waals surface area contributed by atoms with E-state index in [2.05, 4.69) is 0 Å². The smallest absolute Gasteiger partial charge is 0.156 e. The van der Waals surface area contributed by atoms with Gasteiger partial charge in [0.1, 0.15) is 5.75 Å². The summed E-state index contributed by atoms with van der Waals surface area (Å²) in [5.74, 6) is 0.0343. The molecule has 0 fully saturated rings. The van der Waals surface area contributed by atoms with Crippen LogP contribution in [0, 0.1) is 5.41 Å². The highest BCUT2D eigenvalue weighted by atomic mass is 35.5. The SMILES string of the molecule is CC(C)(C)C(=O)C(Cl)Cc1ccc(O)c(Cl)c1. The summed E-state index contributed by atoms with van der Waals surface area (Å²) < 4.78 is 0. The Kier molecular flexibility index (Phi) is 4.45. The van der Waals surface area contributed by atoms with Crippen LogP contribution >= 0.6 is 23.2 Å². The summed E-state index contributed by atoms with van der Waals surface area (Å²) in [5.41, 5.74) is 0.387. The molecule has 1 atom stereocenters. The predicted molar refractivity (Wildman–Crippen MR) is 70.9 cm³/mol. The second-order valence-corrected chi connectivity index (χ2v) is 6.01. The first-order valence-electron chi connectivity index (χ1n) is 5.37. The molecular formula is C13H16Cl2O2. The molecule has 0 aliphatic carbocycles. The fourth-order valence-electron chi connectivity index (χ4n) is 1.45. The molecule has 0 bridgehead atoms. The predicted octanol–water partition coefficient (Wildman–Crippen LogP) is 3.81. The first-order chi connectivity index (χ1) is 7.71. The van der Waals surface area contributed by atoms with E-state index in [1.807, 2.05) is 20.8 Å². The Morgan fingerprint density at radius 1 is 1.41 bits per heavy atom. The fraction of sp³-hybridized carbons (Fsp3) is 0.462. The molecule has 0 saturated carbocycles. The van der Waals surface area contributed by atoms with Gasteiger partial charge in [-0.15, -0.1) is 11.6 Å². The zero-order valence-corrected chi connectivity index (χ0v) is 11.6. The third kappa shape index (κ3) is 3.90. The van der Waals surface area contributed by atoms with Crippen molar-refractivity contribution in [2.45, 2.75) is 32.6 Å². The number of phenols is 1. The molecule has 0 aliphatic heterocycles. The molecule has 2 nitrogen and oxygen atoms in total. The standard InChI is InChI=1S/C13H16Cl2O2/c1-13(2,3)12(17)10(15)7-8-4-5-11(16)9(14)6-8/h4-6,10,16H,7H2,1-3H3. The number of aromatic hydroxyl groups is 1. The number of alkyl halides is 1. The monoisotopic (exact) mass is 274 g/mol. The van der Waals surface area contributed by atoms with E-state index in [1.54, 1.807) is 12.1 Å². The second-order valence-electron chi connectivity index (χ2n) is 5.07. The number of benzene rings is 1.